The van der Waals surface area contributed by atoms with Crippen LogP contribution < -0.4 is 10.2 Å². The molecule has 0 bridgehead atoms. The van der Waals surface area contributed by atoms with E-state index in [0.717, 1.165) is 24.1 Å². The molecule has 1 saturated heterocycles. The van der Waals surface area contributed by atoms with Crippen molar-refractivity contribution < 1.29 is 4.39 Å². The van der Waals surface area contributed by atoms with E-state index in [-0.39, 0.29) is 30.6 Å². The van der Waals surface area contributed by atoms with Gasteiger partial charge in [0.05, 0.1) is 5.69 Å². The van der Waals surface area contributed by atoms with Crippen molar-refractivity contribution in [2.45, 2.75) is 13.0 Å². The maximum Gasteiger partial charge on any atom is 0.147 e. The third kappa shape index (κ3) is 3.98. The summed E-state index contributed by atoms with van der Waals surface area (Å²) in [6, 6.07) is 5.58. The van der Waals surface area contributed by atoms with Crippen LogP contribution in [0.2, 0.25) is 0 Å². The van der Waals surface area contributed by atoms with Crippen LogP contribution >= 0.6 is 40.7 Å². The summed E-state index contributed by atoms with van der Waals surface area (Å²) in [7, 11) is 0. The van der Waals surface area contributed by atoms with Crippen molar-refractivity contribution in [1.82, 2.24) is 5.32 Å². The van der Waals surface area contributed by atoms with Gasteiger partial charge in [0.1, 0.15) is 5.82 Å². The van der Waals surface area contributed by atoms with Crippen molar-refractivity contribution in [2.75, 3.05) is 24.5 Å². The zero-order valence-electron chi connectivity index (χ0n) is 9.45. The quantitative estimate of drug-likeness (QED) is 0.840. The molecule has 2 nitrogen and oxygen atoms in total. The van der Waals surface area contributed by atoms with E-state index in [1.807, 2.05) is 12.1 Å². The standard InChI is InChI=1S/C11H14BrFN2.2ClH/c1-8-7-14-4-5-15(8)11-3-2-9(12)6-10(11)13;;/h2-3,6,8,14H,4-5,7H2,1H3;2*1H. The predicted molar refractivity (Wildman–Crippen MR) is 78.3 cm³/mol. The topological polar surface area (TPSA) is 15.3 Å². The molecule has 0 saturated carbocycles. The van der Waals surface area contributed by atoms with Crippen LogP contribution in [0.5, 0.6) is 0 Å². The summed E-state index contributed by atoms with van der Waals surface area (Å²) in [6.07, 6.45) is 0. The molecule has 1 fully saturated rings. The number of piperazine rings is 1. The first-order valence-corrected chi connectivity index (χ1v) is 5.90. The molecule has 0 amide bonds. The summed E-state index contributed by atoms with van der Waals surface area (Å²) < 4.78 is 14.5. The van der Waals surface area contributed by atoms with E-state index in [0.29, 0.717) is 11.7 Å². The molecule has 0 spiro atoms. The summed E-state index contributed by atoms with van der Waals surface area (Å²) in [6.45, 7) is 4.79. The van der Waals surface area contributed by atoms with Crippen molar-refractivity contribution in [3.05, 3.63) is 28.5 Å². The van der Waals surface area contributed by atoms with Gasteiger partial charge in [0, 0.05) is 30.1 Å². The maximum atomic E-state index is 13.7. The molecule has 1 aliphatic heterocycles. The minimum Gasteiger partial charge on any atom is -0.364 e. The lowest BCUT2D eigenvalue weighted by Crippen LogP contribution is -2.50. The molecule has 0 radical (unpaired) electrons. The van der Waals surface area contributed by atoms with Gasteiger partial charge in [-0.25, -0.2) is 4.39 Å². The number of rotatable bonds is 1. The smallest absolute Gasteiger partial charge is 0.147 e. The fraction of sp³-hybridized carbons (Fsp3) is 0.455. The van der Waals surface area contributed by atoms with Crippen LogP contribution in [-0.2, 0) is 0 Å². The van der Waals surface area contributed by atoms with Crippen molar-refractivity contribution in [2.24, 2.45) is 0 Å². The molecule has 6 heteroatoms. The molecular weight excluding hydrogens is 330 g/mol. The summed E-state index contributed by atoms with van der Waals surface area (Å²) >= 11 is 3.26. The van der Waals surface area contributed by atoms with Gasteiger partial charge in [-0.15, -0.1) is 24.8 Å². The molecule has 1 aliphatic rings. The Hall–Kier alpha value is -0.0300. The van der Waals surface area contributed by atoms with E-state index in [1.165, 1.54) is 6.07 Å². The van der Waals surface area contributed by atoms with Crippen LogP contribution in [0.15, 0.2) is 22.7 Å². The Morgan fingerprint density at radius 3 is 2.71 bits per heavy atom. The molecule has 1 heterocycles. The Morgan fingerprint density at radius 2 is 2.12 bits per heavy atom. The van der Waals surface area contributed by atoms with Crippen LogP contribution in [0.3, 0.4) is 0 Å². The molecule has 1 atom stereocenters. The molecule has 0 aliphatic carbocycles. The van der Waals surface area contributed by atoms with Gasteiger partial charge in [-0.2, -0.15) is 0 Å². The van der Waals surface area contributed by atoms with Crippen LogP contribution in [0.4, 0.5) is 10.1 Å². The van der Waals surface area contributed by atoms with Gasteiger partial charge in [0.15, 0.2) is 0 Å². The number of nitrogens with zero attached hydrogens (tertiary/aromatic N) is 1. The molecule has 1 aromatic carbocycles. The van der Waals surface area contributed by atoms with Crippen LogP contribution in [-0.4, -0.2) is 25.7 Å². The van der Waals surface area contributed by atoms with Gasteiger partial charge in [-0.3, -0.25) is 0 Å². The van der Waals surface area contributed by atoms with Gasteiger partial charge >= 0.3 is 0 Å². The largest absolute Gasteiger partial charge is 0.364 e. The van der Waals surface area contributed by atoms with Crippen molar-refractivity contribution in [3.63, 3.8) is 0 Å². The third-order valence-electron chi connectivity index (χ3n) is 2.72. The van der Waals surface area contributed by atoms with Gasteiger partial charge in [-0.05, 0) is 25.1 Å². The number of hydrogen-bond acceptors (Lipinski definition) is 2. The number of hydrogen-bond donors (Lipinski definition) is 1. The molecule has 98 valence electrons. The van der Waals surface area contributed by atoms with Crippen molar-refractivity contribution in [1.29, 1.82) is 0 Å². The fourth-order valence-electron chi connectivity index (χ4n) is 1.91. The average molecular weight is 346 g/mol. The Kier molecular flexibility index (Phi) is 7.40. The molecule has 1 aromatic rings. The summed E-state index contributed by atoms with van der Waals surface area (Å²) in [5, 5.41) is 3.29. The van der Waals surface area contributed by atoms with E-state index < -0.39 is 0 Å². The minimum atomic E-state index is -0.155. The van der Waals surface area contributed by atoms with Gasteiger partial charge in [-0.1, -0.05) is 15.9 Å². The molecule has 1 unspecified atom stereocenters. The normalized spacial score (nSPS) is 19.2. The SMILES string of the molecule is CC1CNCCN1c1ccc(Br)cc1F.Cl.Cl. The summed E-state index contributed by atoms with van der Waals surface area (Å²) in [5.74, 6) is -0.155. The lowest BCUT2D eigenvalue weighted by Gasteiger charge is -2.36. The van der Waals surface area contributed by atoms with Gasteiger partial charge in [0.25, 0.3) is 0 Å². The molecule has 0 aromatic heterocycles. The molecule has 1 N–H and O–H groups in total. The zero-order chi connectivity index (χ0) is 10.8. The third-order valence-corrected chi connectivity index (χ3v) is 3.21. The first-order chi connectivity index (χ1) is 7.18. The Bertz CT molecular complexity index is 365. The van der Waals surface area contributed by atoms with Crippen molar-refractivity contribution in [3.8, 4) is 0 Å². The second-order valence-electron chi connectivity index (χ2n) is 3.84. The van der Waals surface area contributed by atoms with E-state index in [1.54, 1.807) is 0 Å². The first-order valence-electron chi connectivity index (χ1n) is 5.11. The molecule has 2 rings (SSSR count). The highest BCUT2D eigenvalue weighted by Crippen LogP contribution is 2.25. The van der Waals surface area contributed by atoms with Crippen LogP contribution in [0, 0.1) is 5.82 Å². The second-order valence-corrected chi connectivity index (χ2v) is 4.76. The van der Waals surface area contributed by atoms with Crippen LogP contribution in [0.25, 0.3) is 0 Å². The average Bonchev–Trinajstić information content (AvgIpc) is 2.20. The van der Waals surface area contributed by atoms with E-state index in [9.17, 15) is 4.39 Å². The zero-order valence-corrected chi connectivity index (χ0v) is 12.7. The molecular formula is C11H16BrCl2FN2. The Morgan fingerprint density at radius 1 is 1.41 bits per heavy atom. The number of anilines is 1. The Labute approximate surface area is 122 Å². The lowest BCUT2D eigenvalue weighted by molar-refractivity contribution is 0.491. The summed E-state index contributed by atoms with van der Waals surface area (Å²) in [5.41, 5.74) is 0.701. The fourth-order valence-corrected chi connectivity index (χ4v) is 2.25. The number of nitrogens with one attached hydrogen (secondary N) is 1. The maximum absolute atomic E-state index is 13.7. The first kappa shape index (κ1) is 17.0. The Balaban J connectivity index is 0.00000128. The minimum absolute atomic E-state index is 0. The highest BCUT2D eigenvalue weighted by Gasteiger charge is 2.20. The van der Waals surface area contributed by atoms with Crippen LogP contribution in [0.1, 0.15) is 6.92 Å². The highest BCUT2D eigenvalue weighted by atomic mass is 79.9. The number of halogens is 4. The molecule has 17 heavy (non-hydrogen) atoms. The second kappa shape index (κ2) is 7.41. The van der Waals surface area contributed by atoms with Gasteiger partial charge < -0.3 is 10.2 Å². The predicted octanol–water partition coefficient (Wildman–Crippen LogP) is 3.23. The lowest BCUT2D eigenvalue weighted by atomic mass is 10.1. The summed E-state index contributed by atoms with van der Waals surface area (Å²) in [4.78, 5) is 2.11. The van der Waals surface area contributed by atoms with E-state index >= 15 is 0 Å². The highest BCUT2D eigenvalue weighted by molar-refractivity contribution is 9.10. The van der Waals surface area contributed by atoms with E-state index in [2.05, 4.69) is 33.1 Å². The monoisotopic (exact) mass is 344 g/mol. The van der Waals surface area contributed by atoms with Gasteiger partial charge in [0.2, 0.25) is 0 Å². The number of benzene rings is 1. The van der Waals surface area contributed by atoms with Crippen molar-refractivity contribution >= 4 is 46.4 Å². The van der Waals surface area contributed by atoms with E-state index in [4.69, 9.17) is 0 Å².